The number of nitro benzene ring substituents is 1. The molecule has 8 nitrogen and oxygen atoms in total. The van der Waals surface area contributed by atoms with Crippen molar-refractivity contribution in [2.45, 2.75) is 18.7 Å². The minimum atomic E-state index is -0.564. The van der Waals surface area contributed by atoms with Gasteiger partial charge < -0.3 is 14.2 Å². The van der Waals surface area contributed by atoms with E-state index in [9.17, 15) is 10.1 Å². The Bertz CT molecular complexity index is 1240. The van der Waals surface area contributed by atoms with Crippen molar-refractivity contribution in [3.05, 3.63) is 93.5 Å². The van der Waals surface area contributed by atoms with E-state index >= 15 is 0 Å². The number of para-hydroxylation sites is 1. The lowest BCUT2D eigenvalue weighted by molar-refractivity contribution is -0.385. The van der Waals surface area contributed by atoms with E-state index in [1.165, 1.54) is 6.07 Å². The maximum absolute atomic E-state index is 11.3. The van der Waals surface area contributed by atoms with Crippen LogP contribution in [0.4, 0.5) is 5.69 Å². The van der Waals surface area contributed by atoms with Crippen LogP contribution in [0, 0.1) is 10.1 Å². The van der Waals surface area contributed by atoms with Gasteiger partial charge in [0.25, 0.3) is 5.69 Å². The van der Waals surface area contributed by atoms with E-state index in [1.807, 2.05) is 53.5 Å². The standard InChI is InChI=1S/C23H17N3O5/c27-26(28)16-5-3-4-15(10-16)23-25-19(17-6-1-2-7-20(17)31-23)12-18(24-25)14-8-9-21-22(11-14)30-13-29-21/h1-11,19,23H,12-13H2/t19-,23-/m0/s1. The van der Waals surface area contributed by atoms with E-state index < -0.39 is 11.2 Å². The van der Waals surface area contributed by atoms with Crippen LogP contribution < -0.4 is 14.2 Å². The van der Waals surface area contributed by atoms with Gasteiger partial charge in [0, 0.05) is 35.2 Å². The summed E-state index contributed by atoms with van der Waals surface area (Å²) in [5.74, 6) is 2.20. The normalized spacial score (nSPS) is 20.5. The van der Waals surface area contributed by atoms with Crippen LogP contribution in [-0.2, 0) is 0 Å². The molecule has 154 valence electrons. The molecule has 3 aromatic carbocycles. The molecule has 8 heteroatoms. The highest BCUT2D eigenvalue weighted by molar-refractivity contribution is 6.02. The molecule has 0 saturated heterocycles. The van der Waals surface area contributed by atoms with Crippen LogP contribution in [-0.4, -0.2) is 22.4 Å². The zero-order valence-electron chi connectivity index (χ0n) is 16.3. The summed E-state index contributed by atoms with van der Waals surface area (Å²) in [5.41, 5.74) is 3.61. The van der Waals surface area contributed by atoms with Crippen molar-refractivity contribution in [2.75, 3.05) is 6.79 Å². The Labute approximate surface area is 177 Å². The molecule has 0 saturated carbocycles. The average molecular weight is 415 g/mol. The summed E-state index contributed by atoms with van der Waals surface area (Å²) in [6.45, 7) is 0.218. The summed E-state index contributed by atoms with van der Waals surface area (Å²) in [4.78, 5) is 10.9. The van der Waals surface area contributed by atoms with Gasteiger partial charge in [-0.25, -0.2) is 5.01 Å². The SMILES string of the molecule is O=[N+]([O-])c1cccc([C@@H]2Oc3ccccc3[C@@H]3CC(c4ccc5c(c4)OCO5)=NN32)c1. The molecule has 0 bridgehead atoms. The van der Waals surface area contributed by atoms with Crippen LogP contribution in [0.5, 0.6) is 17.2 Å². The van der Waals surface area contributed by atoms with Gasteiger partial charge in [-0.3, -0.25) is 10.1 Å². The summed E-state index contributed by atoms with van der Waals surface area (Å²) in [6, 6.07) is 20.2. The quantitative estimate of drug-likeness (QED) is 0.460. The van der Waals surface area contributed by atoms with Crippen molar-refractivity contribution >= 4 is 11.4 Å². The summed E-state index contributed by atoms with van der Waals surface area (Å²) >= 11 is 0. The van der Waals surface area contributed by atoms with Crippen molar-refractivity contribution in [3.8, 4) is 17.2 Å². The lowest BCUT2D eigenvalue weighted by atomic mass is 9.95. The fourth-order valence-corrected chi connectivity index (χ4v) is 4.30. The molecule has 0 unspecified atom stereocenters. The molecule has 6 rings (SSSR count). The largest absolute Gasteiger partial charge is 0.464 e. The van der Waals surface area contributed by atoms with Gasteiger partial charge in [-0.2, -0.15) is 5.10 Å². The Morgan fingerprint density at radius 3 is 2.74 bits per heavy atom. The van der Waals surface area contributed by atoms with Gasteiger partial charge in [-0.1, -0.05) is 30.3 Å². The van der Waals surface area contributed by atoms with E-state index in [0.29, 0.717) is 17.7 Å². The van der Waals surface area contributed by atoms with Crippen molar-refractivity contribution < 1.29 is 19.1 Å². The molecular formula is C23H17N3O5. The number of hydrogen-bond donors (Lipinski definition) is 0. The molecule has 0 aromatic heterocycles. The highest BCUT2D eigenvalue weighted by atomic mass is 16.7. The number of rotatable bonds is 3. The molecule has 2 atom stereocenters. The predicted octanol–water partition coefficient (Wildman–Crippen LogP) is 4.57. The van der Waals surface area contributed by atoms with Crippen LogP contribution in [0.3, 0.4) is 0 Å². The van der Waals surface area contributed by atoms with E-state index in [1.54, 1.807) is 12.1 Å². The van der Waals surface area contributed by atoms with Crippen LogP contribution in [0.15, 0.2) is 71.8 Å². The van der Waals surface area contributed by atoms with Crippen molar-refractivity contribution in [1.82, 2.24) is 5.01 Å². The van der Waals surface area contributed by atoms with Gasteiger partial charge in [0.2, 0.25) is 13.0 Å². The summed E-state index contributed by atoms with van der Waals surface area (Å²) in [7, 11) is 0. The third-order valence-electron chi connectivity index (χ3n) is 5.77. The van der Waals surface area contributed by atoms with E-state index in [2.05, 4.69) is 0 Å². The molecule has 3 aliphatic heterocycles. The Morgan fingerprint density at radius 2 is 1.84 bits per heavy atom. The molecule has 0 amide bonds. The first-order valence-corrected chi connectivity index (χ1v) is 9.93. The number of hydrazone groups is 1. The number of non-ortho nitro benzene ring substituents is 1. The number of hydrogen-bond acceptors (Lipinski definition) is 7. The second-order valence-corrected chi connectivity index (χ2v) is 7.57. The molecule has 0 aliphatic carbocycles. The van der Waals surface area contributed by atoms with Crippen LogP contribution in [0.25, 0.3) is 0 Å². The van der Waals surface area contributed by atoms with Gasteiger partial charge in [-0.05, 0) is 24.3 Å². The van der Waals surface area contributed by atoms with Crippen LogP contribution in [0.1, 0.15) is 35.4 Å². The van der Waals surface area contributed by atoms with E-state index in [4.69, 9.17) is 19.3 Å². The molecule has 0 N–H and O–H groups in total. The third-order valence-corrected chi connectivity index (χ3v) is 5.77. The molecule has 3 heterocycles. The predicted molar refractivity (Wildman–Crippen MR) is 111 cm³/mol. The topological polar surface area (TPSA) is 86.4 Å². The van der Waals surface area contributed by atoms with E-state index in [0.717, 1.165) is 28.3 Å². The first-order chi connectivity index (χ1) is 15.2. The Hall–Kier alpha value is -4.07. The third kappa shape index (κ3) is 2.87. The maximum atomic E-state index is 11.3. The fraction of sp³-hybridized carbons (Fsp3) is 0.174. The summed E-state index contributed by atoms with van der Waals surface area (Å²) < 4.78 is 17.2. The molecular weight excluding hydrogens is 398 g/mol. The number of benzene rings is 3. The number of ether oxygens (including phenoxy) is 3. The first kappa shape index (κ1) is 17.8. The Balaban J connectivity index is 1.43. The Kier molecular flexibility index (Phi) is 3.86. The first-order valence-electron chi connectivity index (χ1n) is 9.93. The van der Waals surface area contributed by atoms with Crippen LogP contribution >= 0.6 is 0 Å². The molecule has 0 fully saturated rings. The monoisotopic (exact) mass is 415 g/mol. The molecule has 31 heavy (non-hydrogen) atoms. The van der Waals surface area contributed by atoms with Crippen LogP contribution in [0.2, 0.25) is 0 Å². The van der Waals surface area contributed by atoms with Gasteiger partial charge in [0.1, 0.15) is 5.75 Å². The number of nitro groups is 1. The van der Waals surface area contributed by atoms with Crippen molar-refractivity contribution in [3.63, 3.8) is 0 Å². The lowest BCUT2D eigenvalue weighted by Gasteiger charge is -2.38. The minimum absolute atomic E-state index is 0.0238. The molecule has 0 spiro atoms. The van der Waals surface area contributed by atoms with Gasteiger partial charge in [-0.15, -0.1) is 0 Å². The van der Waals surface area contributed by atoms with Gasteiger partial charge >= 0.3 is 0 Å². The van der Waals surface area contributed by atoms with Gasteiger partial charge in [0.05, 0.1) is 16.7 Å². The fourth-order valence-electron chi connectivity index (χ4n) is 4.30. The highest BCUT2D eigenvalue weighted by Gasteiger charge is 2.41. The van der Waals surface area contributed by atoms with Crippen molar-refractivity contribution in [1.29, 1.82) is 0 Å². The lowest BCUT2D eigenvalue weighted by Crippen LogP contribution is -2.33. The van der Waals surface area contributed by atoms with Gasteiger partial charge in [0.15, 0.2) is 11.5 Å². The second kappa shape index (κ2) is 6.73. The number of fused-ring (bicyclic) bond motifs is 4. The summed E-state index contributed by atoms with van der Waals surface area (Å²) in [6.07, 6.45) is 0.122. The zero-order valence-corrected chi connectivity index (χ0v) is 16.3. The molecule has 3 aromatic rings. The minimum Gasteiger partial charge on any atom is -0.464 e. The number of nitrogens with zero attached hydrogens (tertiary/aromatic N) is 3. The average Bonchev–Trinajstić information content (AvgIpc) is 3.45. The highest BCUT2D eigenvalue weighted by Crippen LogP contribution is 2.48. The Morgan fingerprint density at radius 1 is 0.968 bits per heavy atom. The van der Waals surface area contributed by atoms with E-state index in [-0.39, 0.29) is 18.5 Å². The summed E-state index contributed by atoms with van der Waals surface area (Å²) in [5, 5.41) is 18.1. The smallest absolute Gasteiger partial charge is 0.269 e. The maximum Gasteiger partial charge on any atom is 0.269 e. The van der Waals surface area contributed by atoms with Crippen molar-refractivity contribution in [2.24, 2.45) is 5.10 Å². The zero-order chi connectivity index (χ0) is 20.9. The molecule has 3 aliphatic rings. The molecule has 0 radical (unpaired) electrons. The second-order valence-electron chi connectivity index (χ2n) is 7.57.